The number of aromatic hydroxyl groups is 1. The van der Waals surface area contributed by atoms with Crippen LogP contribution in [0.25, 0.3) is 0 Å². The van der Waals surface area contributed by atoms with Crippen LogP contribution in [0, 0.1) is 0 Å². The Hall–Kier alpha value is -2.29. The van der Waals surface area contributed by atoms with Crippen LogP contribution < -0.4 is 4.74 Å². The molecule has 0 aliphatic rings. The summed E-state index contributed by atoms with van der Waals surface area (Å²) in [6, 6.07) is 12.2. The van der Waals surface area contributed by atoms with Crippen molar-refractivity contribution in [1.29, 1.82) is 0 Å². The third kappa shape index (κ3) is 2.45. The van der Waals surface area contributed by atoms with E-state index in [0.29, 0.717) is 28.9 Å². The van der Waals surface area contributed by atoms with Gasteiger partial charge < -0.3 is 9.84 Å². The summed E-state index contributed by atoms with van der Waals surface area (Å²) in [5.74, 6) is 0.427. The van der Waals surface area contributed by atoms with Gasteiger partial charge >= 0.3 is 0 Å². The predicted octanol–water partition coefficient (Wildman–Crippen LogP) is 3.19. The molecule has 2 aromatic carbocycles. The van der Waals surface area contributed by atoms with Crippen LogP contribution in [0.1, 0.15) is 28.4 Å². The van der Waals surface area contributed by atoms with Crippen LogP contribution in [0.4, 0.5) is 0 Å². The molecular formula is C16H16O3. The third-order valence-corrected chi connectivity index (χ3v) is 3.09. The molecule has 0 spiro atoms. The van der Waals surface area contributed by atoms with E-state index in [1.54, 1.807) is 43.5 Å². The Morgan fingerprint density at radius 3 is 2.42 bits per heavy atom. The summed E-state index contributed by atoms with van der Waals surface area (Å²) in [5.41, 5.74) is 1.53. The Kier molecular flexibility index (Phi) is 3.85. The molecule has 0 saturated heterocycles. The Morgan fingerprint density at radius 2 is 1.84 bits per heavy atom. The molecule has 1 N–H and O–H groups in total. The maximum absolute atomic E-state index is 12.3. The van der Waals surface area contributed by atoms with Gasteiger partial charge in [-0.1, -0.05) is 37.3 Å². The zero-order chi connectivity index (χ0) is 13.8. The van der Waals surface area contributed by atoms with Crippen molar-refractivity contribution in [2.24, 2.45) is 0 Å². The quantitative estimate of drug-likeness (QED) is 0.854. The number of methoxy groups -OCH3 is 1. The topological polar surface area (TPSA) is 46.5 Å². The van der Waals surface area contributed by atoms with E-state index in [0.717, 1.165) is 0 Å². The molecule has 0 aliphatic heterocycles. The first-order valence-electron chi connectivity index (χ1n) is 6.17. The van der Waals surface area contributed by atoms with Gasteiger partial charge in [-0.15, -0.1) is 0 Å². The van der Waals surface area contributed by atoms with Gasteiger partial charge in [0, 0.05) is 11.1 Å². The predicted molar refractivity (Wildman–Crippen MR) is 73.9 cm³/mol. The van der Waals surface area contributed by atoms with E-state index in [2.05, 4.69) is 0 Å². The second-order valence-corrected chi connectivity index (χ2v) is 4.19. The molecule has 19 heavy (non-hydrogen) atoms. The molecule has 0 fully saturated rings. The molecule has 0 bridgehead atoms. The highest BCUT2D eigenvalue weighted by atomic mass is 16.5. The summed E-state index contributed by atoms with van der Waals surface area (Å²) in [4.78, 5) is 12.3. The average molecular weight is 256 g/mol. The summed E-state index contributed by atoms with van der Waals surface area (Å²) in [6.07, 6.45) is 0.602. The first-order valence-corrected chi connectivity index (χ1v) is 6.17. The van der Waals surface area contributed by atoms with Crippen LogP contribution in [0.5, 0.6) is 11.5 Å². The van der Waals surface area contributed by atoms with Crippen molar-refractivity contribution in [3.63, 3.8) is 0 Å². The Morgan fingerprint density at radius 1 is 1.16 bits per heavy atom. The minimum atomic E-state index is -0.185. The maximum atomic E-state index is 12.3. The van der Waals surface area contributed by atoms with Crippen molar-refractivity contribution in [1.82, 2.24) is 0 Å². The molecule has 98 valence electrons. The molecule has 0 unspecified atom stereocenters. The van der Waals surface area contributed by atoms with Gasteiger partial charge in [-0.25, -0.2) is 0 Å². The number of rotatable bonds is 4. The number of hydrogen-bond donors (Lipinski definition) is 1. The van der Waals surface area contributed by atoms with Crippen molar-refractivity contribution in [3.05, 3.63) is 59.2 Å². The molecule has 3 heteroatoms. The van der Waals surface area contributed by atoms with E-state index in [9.17, 15) is 9.90 Å². The molecule has 0 radical (unpaired) electrons. The molecule has 0 aliphatic carbocycles. The highest BCUT2D eigenvalue weighted by Crippen LogP contribution is 2.32. The number of phenolic OH excluding ortho intramolecular Hbond substituents is 1. The van der Waals surface area contributed by atoms with Gasteiger partial charge in [0.05, 0.1) is 12.7 Å². The number of ether oxygens (including phenoxy) is 1. The van der Waals surface area contributed by atoms with E-state index in [1.165, 1.54) is 0 Å². The van der Waals surface area contributed by atoms with Gasteiger partial charge in [0.15, 0.2) is 5.78 Å². The van der Waals surface area contributed by atoms with Crippen molar-refractivity contribution in [3.8, 4) is 11.5 Å². The Labute approximate surface area is 112 Å². The first-order chi connectivity index (χ1) is 9.19. The summed E-state index contributed by atoms with van der Waals surface area (Å²) in [7, 11) is 1.55. The smallest absolute Gasteiger partial charge is 0.196 e. The molecule has 3 nitrogen and oxygen atoms in total. The molecule has 0 heterocycles. The highest BCUT2D eigenvalue weighted by molar-refractivity contribution is 6.11. The average Bonchev–Trinajstić information content (AvgIpc) is 2.47. The zero-order valence-corrected chi connectivity index (χ0v) is 11.0. The number of benzene rings is 2. The minimum absolute atomic E-state index is 0.00991. The normalized spacial score (nSPS) is 10.2. The maximum Gasteiger partial charge on any atom is 0.196 e. The third-order valence-electron chi connectivity index (χ3n) is 3.09. The minimum Gasteiger partial charge on any atom is -0.507 e. The summed E-state index contributed by atoms with van der Waals surface area (Å²) < 4.78 is 5.19. The van der Waals surface area contributed by atoms with E-state index >= 15 is 0 Å². The van der Waals surface area contributed by atoms with Gasteiger partial charge in [0.25, 0.3) is 0 Å². The van der Waals surface area contributed by atoms with Crippen molar-refractivity contribution in [2.75, 3.05) is 7.11 Å². The van der Waals surface area contributed by atoms with E-state index in [4.69, 9.17) is 4.74 Å². The van der Waals surface area contributed by atoms with Gasteiger partial charge in [-0.3, -0.25) is 4.79 Å². The Balaban J connectivity index is 2.49. The fraction of sp³-hybridized carbons (Fsp3) is 0.188. The second-order valence-electron chi connectivity index (χ2n) is 4.19. The number of carbonyl (C=O) groups excluding carboxylic acids is 1. The Bertz CT molecular complexity index is 588. The van der Waals surface area contributed by atoms with Crippen LogP contribution in [0.3, 0.4) is 0 Å². The van der Waals surface area contributed by atoms with Gasteiger partial charge in [0.2, 0.25) is 0 Å². The second kappa shape index (κ2) is 5.57. The van der Waals surface area contributed by atoms with Crippen molar-refractivity contribution in [2.45, 2.75) is 13.3 Å². The van der Waals surface area contributed by atoms with Crippen LogP contribution >= 0.6 is 0 Å². The lowest BCUT2D eigenvalue weighted by Gasteiger charge is -2.12. The van der Waals surface area contributed by atoms with Crippen LogP contribution in [0.2, 0.25) is 0 Å². The molecule has 2 aromatic rings. The van der Waals surface area contributed by atoms with Crippen LogP contribution in [-0.2, 0) is 6.42 Å². The number of carbonyl (C=O) groups is 1. The van der Waals surface area contributed by atoms with Crippen molar-refractivity contribution >= 4 is 5.78 Å². The lowest BCUT2D eigenvalue weighted by Crippen LogP contribution is -2.03. The van der Waals surface area contributed by atoms with Crippen molar-refractivity contribution < 1.29 is 14.6 Å². The molecule has 0 aromatic heterocycles. The summed E-state index contributed by atoms with van der Waals surface area (Å²) in [5, 5.41) is 10.2. The number of hydrogen-bond acceptors (Lipinski definition) is 3. The lowest BCUT2D eigenvalue weighted by atomic mass is 9.98. The van der Waals surface area contributed by atoms with Gasteiger partial charge in [-0.05, 0) is 18.6 Å². The lowest BCUT2D eigenvalue weighted by molar-refractivity contribution is 0.103. The highest BCUT2D eigenvalue weighted by Gasteiger charge is 2.18. The molecule has 2 rings (SSSR count). The zero-order valence-electron chi connectivity index (χ0n) is 11.0. The largest absolute Gasteiger partial charge is 0.507 e. The standard InChI is InChI=1S/C16H16O3/c1-3-12-14(19-2)10-9-13(16(12)18)15(17)11-7-5-4-6-8-11/h4-10,18H,3H2,1-2H3. The molecular weight excluding hydrogens is 240 g/mol. The van der Waals surface area contributed by atoms with Gasteiger partial charge in [0.1, 0.15) is 11.5 Å². The van der Waals surface area contributed by atoms with Crippen LogP contribution in [0.15, 0.2) is 42.5 Å². The molecule has 0 atom stereocenters. The molecule has 0 amide bonds. The van der Waals surface area contributed by atoms with E-state index in [-0.39, 0.29) is 11.5 Å². The van der Waals surface area contributed by atoms with E-state index in [1.807, 2.05) is 13.0 Å². The fourth-order valence-corrected chi connectivity index (χ4v) is 2.08. The monoisotopic (exact) mass is 256 g/mol. The first kappa shape index (κ1) is 13.1. The van der Waals surface area contributed by atoms with E-state index < -0.39 is 0 Å². The number of ketones is 1. The SMILES string of the molecule is CCc1c(OC)ccc(C(=O)c2ccccc2)c1O. The van der Waals surface area contributed by atoms with Gasteiger partial charge in [-0.2, -0.15) is 0 Å². The summed E-state index contributed by atoms with van der Waals surface area (Å²) >= 11 is 0. The number of phenols is 1. The molecule has 0 saturated carbocycles. The fourth-order valence-electron chi connectivity index (χ4n) is 2.08. The summed E-state index contributed by atoms with van der Waals surface area (Å²) in [6.45, 7) is 1.91. The van der Waals surface area contributed by atoms with Crippen LogP contribution in [-0.4, -0.2) is 18.0 Å².